The molecule has 116 valence electrons. The lowest BCUT2D eigenvalue weighted by Gasteiger charge is -2.27. The number of carbonyl (C=O) groups excluding carboxylic acids is 1. The van der Waals surface area contributed by atoms with Crippen LogP contribution in [-0.2, 0) is 5.54 Å². The molecule has 0 unspecified atom stereocenters. The fraction of sp³-hybridized carbons (Fsp3) is 0.500. The normalized spacial score (nSPS) is 11.0. The Morgan fingerprint density at radius 1 is 1.29 bits per heavy atom. The SMILES string of the molecule is C=Cc1cccc(C(C)(C)NC(=O)NCCCCCC)c1. The Hall–Kier alpha value is -1.77. The number of benzene rings is 1. The Balaban J connectivity index is 2.50. The smallest absolute Gasteiger partial charge is 0.315 e. The molecule has 3 nitrogen and oxygen atoms in total. The summed E-state index contributed by atoms with van der Waals surface area (Å²) in [6.45, 7) is 10.7. The minimum Gasteiger partial charge on any atom is -0.338 e. The summed E-state index contributed by atoms with van der Waals surface area (Å²) in [7, 11) is 0. The van der Waals surface area contributed by atoms with E-state index in [9.17, 15) is 4.79 Å². The van der Waals surface area contributed by atoms with Crippen LogP contribution in [0.5, 0.6) is 0 Å². The second-order valence-electron chi connectivity index (χ2n) is 5.90. The summed E-state index contributed by atoms with van der Waals surface area (Å²) in [4.78, 5) is 12.0. The summed E-state index contributed by atoms with van der Waals surface area (Å²) in [6.07, 6.45) is 6.45. The van der Waals surface area contributed by atoms with Crippen LogP contribution in [0.15, 0.2) is 30.8 Å². The van der Waals surface area contributed by atoms with E-state index in [1.165, 1.54) is 19.3 Å². The standard InChI is InChI=1S/C18H28N2O/c1-5-7-8-9-13-19-17(21)20-18(3,4)16-12-10-11-15(6-2)14-16/h6,10-12,14H,2,5,7-9,13H2,1,3-4H3,(H2,19,20,21). The van der Waals surface area contributed by atoms with Crippen LogP contribution in [0.4, 0.5) is 4.79 Å². The highest BCUT2D eigenvalue weighted by molar-refractivity contribution is 5.75. The number of hydrogen-bond acceptors (Lipinski definition) is 1. The van der Waals surface area contributed by atoms with Crippen molar-refractivity contribution >= 4 is 12.1 Å². The summed E-state index contributed by atoms with van der Waals surface area (Å²) in [5, 5.41) is 5.96. The van der Waals surface area contributed by atoms with Crippen molar-refractivity contribution < 1.29 is 4.79 Å². The molecule has 0 fully saturated rings. The molecule has 0 heterocycles. The first kappa shape index (κ1) is 17.3. The summed E-state index contributed by atoms with van der Waals surface area (Å²) in [5.41, 5.74) is 1.72. The topological polar surface area (TPSA) is 41.1 Å². The van der Waals surface area contributed by atoms with Crippen molar-refractivity contribution in [2.75, 3.05) is 6.54 Å². The zero-order valence-electron chi connectivity index (χ0n) is 13.5. The van der Waals surface area contributed by atoms with E-state index in [4.69, 9.17) is 0 Å². The summed E-state index contributed by atoms with van der Waals surface area (Å²) in [6, 6.07) is 7.95. The third kappa shape index (κ3) is 6.03. The van der Waals surface area contributed by atoms with Gasteiger partial charge in [-0.05, 0) is 37.5 Å². The van der Waals surface area contributed by atoms with Gasteiger partial charge in [0.25, 0.3) is 0 Å². The third-order valence-corrected chi connectivity index (χ3v) is 3.59. The molecular weight excluding hydrogens is 260 g/mol. The summed E-state index contributed by atoms with van der Waals surface area (Å²) >= 11 is 0. The van der Waals surface area contributed by atoms with Gasteiger partial charge >= 0.3 is 6.03 Å². The van der Waals surface area contributed by atoms with E-state index in [1.807, 2.05) is 38.1 Å². The minimum absolute atomic E-state index is 0.111. The first-order chi connectivity index (χ1) is 9.99. The predicted octanol–water partition coefficient (Wildman–Crippen LogP) is 4.44. The van der Waals surface area contributed by atoms with Crippen LogP contribution in [0.1, 0.15) is 57.6 Å². The molecule has 0 aliphatic heterocycles. The summed E-state index contributed by atoms with van der Waals surface area (Å²) < 4.78 is 0. The van der Waals surface area contributed by atoms with Gasteiger partial charge in [-0.1, -0.05) is 57.0 Å². The van der Waals surface area contributed by atoms with E-state index >= 15 is 0 Å². The molecule has 0 bridgehead atoms. The van der Waals surface area contributed by atoms with Crippen molar-refractivity contribution in [3.05, 3.63) is 42.0 Å². The van der Waals surface area contributed by atoms with Gasteiger partial charge < -0.3 is 10.6 Å². The van der Waals surface area contributed by atoms with Crippen molar-refractivity contribution in [2.24, 2.45) is 0 Å². The molecular formula is C18H28N2O. The zero-order valence-corrected chi connectivity index (χ0v) is 13.5. The van der Waals surface area contributed by atoms with E-state index in [0.717, 1.165) is 24.1 Å². The molecule has 1 aromatic carbocycles. The average molecular weight is 288 g/mol. The third-order valence-electron chi connectivity index (χ3n) is 3.59. The maximum absolute atomic E-state index is 12.0. The molecule has 0 radical (unpaired) electrons. The van der Waals surface area contributed by atoms with Crippen LogP contribution in [-0.4, -0.2) is 12.6 Å². The largest absolute Gasteiger partial charge is 0.338 e. The lowest BCUT2D eigenvalue weighted by Crippen LogP contribution is -2.46. The van der Waals surface area contributed by atoms with E-state index in [-0.39, 0.29) is 6.03 Å². The van der Waals surface area contributed by atoms with Crippen molar-refractivity contribution in [2.45, 2.75) is 52.0 Å². The average Bonchev–Trinajstić information content (AvgIpc) is 2.46. The summed E-state index contributed by atoms with van der Waals surface area (Å²) in [5.74, 6) is 0. The molecule has 2 N–H and O–H groups in total. The molecule has 0 saturated heterocycles. The minimum atomic E-state index is -0.410. The number of rotatable bonds is 8. The first-order valence-electron chi connectivity index (χ1n) is 7.78. The molecule has 1 aromatic rings. The molecule has 0 atom stereocenters. The number of hydrogen-bond donors (Lipinski definition) is 2. The quantitative estimate of drug-likeness (QED) is 0.682. The maximum Gasteiger partial charge on any atom is 0.315 e. The van der Waals surface area contributed by atoms with E-state index in [2.05, 4.69) is 30.2 Å². The van der Waals surface area contributed by atoms with Crippen molar-refractivity contribution in [3.8, 4) is 0 Å². The fourth-order valence-corrected chi connectivity index (χ4v) is 2.21. The molecule has 0 aliphatic carbocycles. The molecule has 0 spiro atoms. The number of carbonyl (C=O) groups is 1. The molecule has 3 heteroatoms. The van der Waals surface area contributed by atoms with Gasteiger partial charge in [0.15, 0.2) is 0 Å². The van der Waals surface area contributed by atoms with Crippen LogP contribution >= 0.6 is 0 Å². The fourth-order valence-electron chi connectivity index (χ4n) is 2.21. The van der Waals surface area contributed by atoms with E-state index in [0.29, 0.717) is 0 Å². The lowest BCUT2D eigenvalue weighted by molar-refractivity contribution is 0.230. The Morgan fingerprint density at radius 2 is 2.05 bits per heavy atom. The van der Waals surface area contributed by atoms with Crippen LogP contribution in [0, 0.1) is 0 Å². The number of unbranched alkanes of at least 4 members (excludes halogenated alkanes) is 3. The monoisotopic (exact) mass is 288 g/mol. The first-order valence-corrected chi connectivity index (χ1v) is 7.78. The van der Waals surface area contributed by atoms with Gasteiger partial charge in [-0.15, -0.1) is 0 Å². The van der Waals surface area contributed by atoms with E-state index in [1.54, 1.807) is 0 Å². The second kappa shape index (κ2) is 8.50. The highest BCUT2D eigenvalue weighted by atomic mass is 16.2. The van der Waals surface area contributed by atoms with Crippen LogP contribution < -0.4 is 10.6 Å². The number of nitrogens with one attached hydrogen (secondary N) is 2. The van der Waals surface area contributed by atoms with Gasteiger partial charge in [-0.2, -0.15) is 0 Å². The maximum atomic E-state index is 12.0. The van der Waals surface area contributed by atoms with Gasteiger partial charge in [0, 0.05) is 6.54 Å². The highest BCUT2D eigenvalue weighted by Gasteiger charge is 2.22. The molecule has 0 aliphatic rings. The van der Waals surface area contributed by atoms with Crippen molar-refractivity contribution in [1.29, 1.82) is 0 Å². The van der Waals surface area contributed by atoms with Crippen LogP contribution in [0.3, 0.4) is 0 Å². The van der Waals surface area contributed by atoms with Crippen molar-refractivity contribution in [3.63, 3.8) is 0 Å². The van der Waals surface area contributed by atoms with Crippen LogP contribution in [0.25, 0.3) is 6.08 Å². The zero-order chi connectivity index (χ0) is 15.7. The van der Waals surface area contributed by atoms with Gasteiger partial charge in [0.1, 0.15) is 0 Å². The van der Waals surface area contributed by atoms with Gasteiger partial charge in [-0.25, -0.2) is 4.79 Å². The predicted molar refractivity (Wildman–Crippen MR) is 90.2 cm³/mol. The molecule has 2 amide bonds. The lowest BCUT2D eigenvalue weighted by atomic mass is 9.93. The molecule has 1 rings (SSSR count). The Morgan fingerprint density at radius 3 is 2.71 bits per heavy atom. The Kier molecular flexibility index (Phi) is 7.00. The molecule has 0 aromatic heterocycles. The van der Waals surface area contributed by atoms with Gasteiger partial charge in [-0.3, -0.25) is 0 Å². The Bertz CT molecular complexity index is 466. The van der Waals surface area contributed by atoms with Gasteiger partial charge in [0.2, 0.25) is 0 Å². The number of amides is 2. The molecule has 21 heavy (non-hydrogen) atoms. The molecule has 0 saturated carbocycles. The second-order valence-corrected chi connectivity index (χ2v) is 5.90. The van der Waals surface area contributed by atoms with Crippen LogP contribution in [0.2, 0.25) is 0 Å². The Labute approximate surface area is 128 Å². The van der Waals surface area contributed by atoms with Gasteiger partial charge in [0.05, 0.1) is 5.54 Å². The number of urea groups is 1. The highest BCUT2D eigenvalue weighted by Crippen LogP contribution is 2.21. The van der Waals surface area contributed by atoms with Crippen molar-refractivity contribution in [1.82, 2.24) is 10.6 Å². The van der Waals surface area contributed by atoms with E-state index < -0.39 is 5.54 Å².